The van der Waals surface area contributed by atoms with Gasteiger partial charge >= 0.3 is 6.09 Å². The van der Waals surface area contributed by atoms with Crippen molar-refractivity contribution in [3.63, 3.8) is 0 Å². The zero-order chi connectivity index (χ0) is 14.3. The van der Waals surface area contributed by atoms with Crippen molar-refractivity contribution in [3.05, 3.63) is 48.6 Å². The van der Waals surface area contributed by atoms with Crippen LogP contribution in [0.25, 0.3) is 0 Å². The Morgan fingerprint density at radius 3 is 2.70 bits per heavy atom. The minimum Gasteiger partial charge on any atom is -0.445 e. The number of benzene rings is 1. The van der Waals surface area contributed by atoms with E-state index in [-0.39, 0.29) is 18.1 Å². The Balaban J connectivity index is 1.75. The van der Waals surface area contributed by atoms with E-state index in [0.29, 0.717) is 19.8 Å². The predicted molar refractivity (Wildman–Crippen MR) is 77.3 cm³/mol. The molecule has 0 bridgehead atoms. The third-order valence-electron chi connectivity index (χ3n) is 3.72. The zero-order valence-electron chi connectivity index (χ0n) is 11.6. The van der Waals surface area contributed by atoms with Gasteiger partial charge in [-0.2, -0.15) is 0 Å². The minimum absolute atomic E-state index is 0.0655. The third-order valence-corrected chi connectivity index (χ3v) is 3.72. The molecule has 1 saturated heterocycles. The molecule has 0 spiro atoms. The molecular formula is C16H21NO3. The van der Waals surface area contributed by atoms with E-state index in [1.165, 1.54) is 0 Å². The highest BCUT2D eigenvalue weighted by atomic mass is 16.5. The van der Waals surface area contributed by atoms with Gasteiger partial charge in [0.25, 0.3) is 0 Å². The lowest BCUT2D eigenvalue weighted by atomic mass is 9.80. The summed E-state index contributed by atoms with van der Waals surface area (Å²) >= 11 is 0. The maximum Gasteiger partial charge on any atom is 0.407 e. The van der Waals surface area contributed by atoms with Gasteiger partial charge in [-0.05, 0) is 18.4 Å². The predicted octanol–water partition coefficient (Wildman–Crippen LogP) is 2.90. The molecular weight excluding hydrogens is 254 g/mol. The van der Waals surface area contributed by atoms with Gasteiger partial charge in [-0.25, -0.2) is 4.79 Å². The van der Waals surface area contributed by atoms with Gasteiger partial charge in [0.2, 0.25) is 0 Å². The van der Waals surface area contributed by atoms with Crippen molar-refractivity contribution in [1.82, 2.24) is 5.32 Å². The molecule has 4 heteroatoms. The normalized spacial score (nSPS) is 17.2. The maximum absolute atomic E-state index is 11.7. The van der Waals surface area contributed by atoms with E-state index in [1.54, 1.807) is 0 Å². The Morgan fingerprint density at radius 1 is 1.35 bits per heavy atom. The van der Waals surface area contributed by atoms with Crippen LogP contribution in [0.5, 0.6) is 0 Å². The molecule has 1 fully saturated rings. The molecule has 4 nitrogen and oxygen atoms in total. The fraction of sp³-hybridized carbons (Fsp3) is 0.438. The van der Waals surface area contributed by atoms with E-state index >= 15 is 0 Å². The number of rotatable bonds is 5. The molecule has 1 aromatic rings. The standard InChI is InChI=1S/C16H21NO3/c1-2-16(8-10-19-11-9-16)13-17-15(18)20-12-14-6-4-3-5-7-14/h2-7H,1,8-13H2,(H,17,18). The molecule has 2 rings (SSSR count). The van der Waals surface area contributed by atoms with E-state index in [1.807, 2.05) is 36.4 Å². The number of carbonyl (C=O) groups is 1. The molecule has 1 heterocycles. The highest BCUT2D eigenvalue weighted by Gasteiger charge is 2.29. The first kappa shape index (κ1) is 14.6. The number of amides is 1. The molecule has 0 aromatic heterocycles. The Bertz CT molecular complexity index is 438. The quantitative estimate of drug-likeness (QED) is 0.841. The number of ether oxygens (including phenoxy) is 2. The largest absolute Gasteiger partial charge is 0.445 e. The van der Waals surface area contributed by atoms with Crippen LogP contribution in [-0.4, -0.2) is 25.9 Å². The first-order valence-corrected chi connectivity index (χ1v) is 6.90. The number of carbonyl (C=O) groups excluding carboxylic acids is 1. The lowest BCUT2D eigenvalue weighted by Gasteiger charge is -2.34. The molecule has 1 aliphatic rings. The summed E-state index contributed by atoms with van der Waals surface area (Å²) in [4.78, 5) is 11.7. The van der Waals surface area contributed by atoms with Crippen LogP contribution in [0.1, 0.15) is 18.4 Å². The van der Waals surface area contributed by atoms with Gasteiger partial charge in [0, 0.05) is 25.2 Å². The van der Waals surface area contributed by atoms with Crippen LogP contribution < -0.4 is 5.32 Å². The Kier molecular flexibility index (Phi) is 5.18. The Hall–Kier alpha value is -1.81. The minimum atomic E-state index is -0.387. The third kappa shape index (κ3) is 4.10. The summed E-state index contributed by atoms with van der Waals surface area (Å²) < 4.78 is 10.5. The van der Waals surface area contributed by atoms with Crippen molar-refractivity contribution < 1.29 is 14.3 Å². The van der Waals surface area contributed by atoms with Gasteiger partial charge in [-0.3, -0.25) is 0 Å². The van der Waals surface area contributed by atoms with E-state index < -0.39 is 0 Å². The highest BCUT2D eigenvalue weighted by Crippen LogP contribution is 2.30. The summed E-state index contributed by atoms with van der Waals surface area (Å²) in [5.41, 5.74) is 0.913. The van der Waals surface area contributed by atoms with Crippen molar-refractivity contribution in [3.8, 4) is 0 Å². The van der Waals surface area contributed by atoms with Crippen LogP contribution in [0.3, 0.4) is 0 Å². The second kappa shape index (κ2) is 7.10. The van der Waals surface area contributed by atoms with Crippen molar-refractivity contribution in [2.24, 2.45) is 5.41 Å². The maximum atomic E-state index is 11.7. The summed E-state index contributed by atoms with van der Waals surface area (Å²) in [6.07, 6.45) is 3.30. The molecule has 1 aliphatic heterocycles. The van der Waals surface area contributed by atoms with E-state index in [9.17, 15) is 4.79 Å². The molecule has 0 unspecified atom stereocenters. The topological polar surface area (TPSA) is 47.6 Å². The van der Waals surface area contributed by atoms with Crippen molar-refractivity contribution >= 4 is 6.09 Å². The summed E-state index contributed by atoms with van der Waals surface area (Å²) in [6.45, 7) is 6.15. The lowest BCUT2D eigenvalue weighted by molar-refractivity contribution is 0.0365. The zero-order valence-corrected chi connectivity index (χ0v) is 11.6. The highest BCUT2D eigenvalue weighted by molar-refractivity contribution is 5.67. The van der Waals surface area contributed by atoms with Gasteiger partial charge in [-0.15, -0.1) is 6.58 Å². The first-order valence-electron chi connectivity index (χ1n) is 6.90. The smallest absolute Gasteiger partial charge is 0.407 e. The van der Waals surface area contributed by atoms with E-state index in [4.69, 9.17) is 9.47 Å². The number of alkyl carbamates (subject to hydrolysis) is 1. The average molecular weight is 275 g/mol. The van der Waals surface area contributed by atoms with E-state index in [0.717, 1.165) is 18.4 Å². The number of hydrogen-bond acceptors (Lipinski definition) is 3. The molecule has 20 heavy (non-hydrogen) atoms. The van der Waals surface area contributed by atoms with Gasteiger partial charge in [-0.1, -0.05) is 36.4 Å². The van der Waals surface area contributed by atoms with Gasteiger partial charge in [0.1, 0.15) is 6.61 Å². The second-order valence-electron chi connectivity index (χ2n) is 5.09. The van der Waals surface area contributed by atoms with Crippen LogP contribution in [0.4, 0.5) is 4.79 Å². The van der Waals surface area contributed by atoms with Crippen LogP contribution in [0.15, 0.2) is 43.0 Å². The summed E-state index contributed by atoms with van der Waals surface area (Å²) in [5.74, 6) is 0. The molecule has 1 aromatic carbocycles. The van der Waals surface area contributed by atoms with Crippen molar-refractivity contribution in [2.45, 2.75) is 19.4 Å². The van der Waals surface area contributed by atoms with Crippen LogP contribution in [-0.2, 0) is 16.1 Å². The summed E-state index contributed by atoms with van der Waals surface area (Å²) in [6, 6.07) is 9.63. The molecule has 0 radical (unpaired) electrons. The molecule has 1 N–H and O–H groups in total. The second-order valence-corrected chi connectivity index (χ2v) is 5.09. The molecule has 0 aliphatic carbocycles. The SMILES string of the molecule is C=CC1(CNC(=O)OCc2ccccc2)CCOCC1. The van der Waals surface area contributed by atoms with Gasteiger partial charge in [0.05, 0.1) is 0 Å². The van der Waals surface area contributed by atoms with Crippen molar-refractivity contribution in [1.29, 1.82) is 0 Å². The van der Waals surface area contributed by atoms with Gasteiger partial charge in [0.15, 0.2) is 0 Å². The Labute approximate surface area is 119 Å². The number of nitrogens with one attached hydrogen (secondary N) is 1. The summed E-state index contributed by atoms with van der Waals surface area (Å²) in [7, 11) is 0. The monoisotopic (exact) mass is 275 g/mol. The van der Waals surface area contributed by atoms with E-state index in [2.05, 4.69) is 11.9 Å². The Morgan fingerprint density at radius 2 is 2.05 bits per heavy atom. The first-order chi connectivity index (χ1) is 9.74. The molecule has 108 valence electrons. The molecule has 1 amide bonds. The van der Waals surface area contributed by atoms with Crippen LogP contribution in [0.2, 0.25) is 0 Å². The van der Waals surface area contributed by atoms with Crippen molar-refractivity contribution in [2.75, 3.05) is 19.8 Å². The molecule has 0 saturated carbocycles. The average Bonchev–Trinajstić information content (AvgIpc) is 2.53. The number of hydrogen-bond donors (Lipinski definition) is 1. The molecule has 0 atom stereocenters. The van der Waals surface area contributed by atoms with Crippen LogP contribution >= 0.6 is 0 Å². The fourth-order valence-electron chi connectivity index (χ4n) is 2.25. The fourth-order valence-corrected chi connectivity index (χ4v) is 2.25. The van der Waals surface area contributed by atoms with Crippen LogP contribution in [0, 0.1) is 5.41 Å². The van der Waals surface area contributed by atoms with Gasteiger partial charge < -0.3 is 14.8 Å². The summed E-state index contributed by atoms with van der Waals surface area (Å²) in [5, 5.41) is 2.83. The lowest BCUT2D eigenvalue weighted by Crippen LogP contribution is -2.40.